The van der Waals surface area contributed by atoms with E-state index in [0.29, 0.717) is 5.01 Å². The molecular weight excluding hydrogens is 228 g/mol. The molecule has 0 atom stereocenters. The van der Waals surface area contributed by atoms with Crippen LogP contribution in [-0.4, -0.2) is 23.2 Å². The minimum atomic E-state index is -3.16. The predicted octanol–water partition coefficient (Wildman–Crippen LogP) is 0.478. The van der Waals surface area contributed by atoms with E-state index in [1.807, 2.05) is 5.43 Å². The van der Waals surface area contributed by atoms with Crippen molar-refractivity contribution in [1.29, 1.82) is 0 Å². The molecule has 0 spiro atoms. The third kappa shape index (κ3) is 3.24. The molecule has 0 aliphatic rings. The molecule has 0 aromatic carbocycles. The van der Waals surface area contributed by atoms with Gasteiger partial charge in [-0.25, -0.2) is 4.98 Å². The van der Waals surface area contributed by atoms with Crippen LogP contribution >= 0.6 is 11.3 Å². The number of aromatic nitrogens is 1. The minimum Gasteiger partial charge on any atom is -0.267 e. The fourth-order valence-corrected chi connectivity index (χ4v) is 1.30. The minimum absolute atomic E-state index is 0.0760. The van der Waals surface area contributed by atoms with Gasteiger partial charge in [-0.3, -0.25) is 20.4 Å². The molecule has 0 saturated heterocycles. The monoisotopic (exact) mass is 235 g/mol. The van der Waals surface area contributed by atoms with Gasteiger partial charge in [0.15, 0.2) is 0 Å². The number of alkyl halides is 2. The highest BCUT2D eigenvalue weighted by atomic mass is 32.1. The van der Waals surface area contributed by atoms with Crippen molar-refractivity contribution in [1.82, 2.24) is 15.8 Å². The second kappa shape index (κ2) is 4.78. The van der Waals surface area contributed by atoms with E-state index in [1.165, 1.54) is 16.7 Å². The molecule has 0 unspecified atom stereocenters. The van der Waals surface area contributed by atoms with Crippen molar-refractivity contribution >= 4 is 23.2 Å². The number of aryl methyl sites for hydroxylation is 1. The van der Waals surface area contributed by atoms with Gasteiger partial charge in [0.25, 0.3) is 5.91 Å². The number of nitrogens with zero attached hydrogens (tertiary/aromatic N) is 1. The zero-order valence-electron chi connectivity index (χ0n) is 7.58. The summed E-state index contributed by atoms with van der Waals surface area (Å²) in [4.78, 5) is 25.3. The number of carbonyl (C=O) groups excluding carboxylic acids is 2. The molecule has 1 heterocycles. The van der Waals surface area contributed by atoms with Crippen molar-refractivity contribution in [2.45, 2.75) is 13.3 Å². The van der Waals surface area contributed by atoms with Gasteiger partial charge in [0.2, 0.25) is 0 Å². The highest BCUT2D eigenvalue weighted by Crippen LogP contribution is 2.06. The Kier molecular flexibility index (Phi) is 3.67. The Hall–Kier alpha value is -1.57. The number of rotatable bonds is 2. The fraction of sp³-hybridized carbons (Fsp3) is 0.286. The Morgan fingerprint density at radius 3 is 2.60 bits per heavy atom. The lowest BCUT2D eigenvalue weighted by Crippen LogP contribution is -2.44. The maximum Gasteiger partial charge on any atom is 0.317 e. The number of nitrogens with one attached hydrogen (secondary N) is 2. The summed E-state index contributed by atoms with van der Waals surface area (Å²) in [6.07, 6.45) is -3.16. The molecule has 0 saturated carbocycles. The first-order valence-electron chi connectivity index (χ1n) is 3.81. The molecule has 15 heavy (non-hydrogen) atoms. The smallest absolute Gasteiger partial charge is 0.267 e. The van der Waals surface area contributed by atoms with Gasteiger partial charge in [0.05, 0.1) is 5.01 Å². The van der Waals surface area contributed by atoms with Crippen molar-refractivity contribution < 1.29 is 18.4 Å². The largest absolute Gasteiger partial charge is 0.317 e. The van der Waals surface area contributed by atoms with Gasteiger partial charge in [0, 0.05) is 5.38 Å². The number of hydrogen-bond donors (Lipinski definition) is 2. The molecular formula is C7H7F2N3O2S. The van der Waals surface area contributed by atoms with Crippen LogP contribution in [0.15, 0.2) is 5.38 Å². The summed E-state index contributed by atoms with van der Waals surface area (Å²) in [5.41, 5.74) is 3.46. The topological polar surface area (TPSA) is 71.1 Å². The van der Waals surface area contributed by atoms with Crippen molar-refractivity contribution in [2.75, 3.05) is 0 Å². The first kappa shape index (κ1) is 11.5. The van der Waals surface area contributed by atoms with Gasteiger partial charge in [0.1, 0.15) is 5.69 Å². The highest BCUT2D eigenvalue weighted by Gasteiger charge is 2.16. The summed E-state index contributed by atoms with van der Waals surface area (Å²) in [6.45, 7) is 1.69. The Bertz CT molecular complexity index is 380. The second-order valence-corrected chi connectivity index (χ2v) is 3.56. The van der Waals surface area contributed by atoms with Crippen LogP contribution in [0.5, 0.6) is 0 Å². The molecule has 5 nitrogen and oxygen atoms in total. The Morgan fingerprint density at radius 1 is 1.47 bits per heavy atom. The van der Waals surface area contributed by atoms with Crippen molar-refractivity contribution in [2.24, 2.45) is 0 Å². The van der Waals surface area contributed by atoms with Crippen LogP contribution in [0.4, 0.5) is 8.78 Å². The normalized spacial score (nSPS) is 10.1. The summed E-state index contributed by atoms with van der Waals surface area (Å²) in [6, 6.07) is 0. The van der Waals surface area contributed by atoms with Gasteiger partial charge >= 0.3 is 12.3 Å². The second-order valence-electron chi connectivity index (χ2n) is 2.50. The van der Waals surface area contributed by atoms with Crippen LogP contribution in [0.25, 0.3) is 0 Å². The SMILES string of the molecule is Cc1nc(C(=O)NNC(=O)C(F)F)cs1. The molecule has 8 heteroatoms. The van der Waals surface area contributed by atoms with E-state index >= 15 is 0 Å². The number of thiazole rings is 1. The van der Waals surface area contributed by atoms with E-state index in [2.05, 4.69) is 4.98 Å². The lowest BCUT2D eigenvalue weighted by atomic mass is 10.5. The van der Waals surface area contributed by atoms with Gasteiger partial charge in [-0.2, -0.15) is 8.78 Å². The van der Waals surface area contributed by atoms with Crippen LogP contribution in [0.3, 0.4) is 0 Å². The maximum atomic E-state index is 11.7. The van der Waals surface area contributed by atoms with Crippen LogP contribution in [-0.2, 0) is 4.79 Å². The fourth-order valence-electron chi connectivity index (χ4n) is 0.705. The first-order valence-corrected chi connectivity index (χ1v) is 4.69. The van der Waals surface area contributed by atoms with E-state index in [9.17, 15) is 18.4 Å². The molecule has 1 rings (SSSR count). The Morgan fingerprint density at radius 2 is 2.13 bits per heavy atom. The summed E-state index contributed by atoms with van der Waals surface area (Å²) < 4.78 is 23.4. The summed E-state index contributed by atoms with van der Waals surface area (Å²) in [5, 5.41) is 2.12. The van der Waals surface area contributed by atoms with E-state index in [0.717, 1.165) is 0 Å². The molecule has 0 aliphatic heterocycles. The lowest BCUT2D eigenvalue weighted by molar-refractivity contribution is -0.132. The van der Waals surface area contributed by atoms with E-state index in [-0.39, 0.29) is 5.69 Å². The summed E-state index contributed by atoms with van der Waals surface area (Å²) in [5.74, 6) is -2.29. The highest BCUT2D eigenvalue weighted by molar-refractivity contribution is 7.09. The average molecular weight is 235 g/mol. The van der Waals surface area contributed by atoms with Crippen molar-refractivity contribution in [3.63, 3.8) is 0 Å². The molecule has 0 radical (unpaired) electrons. The summed E-state index contributed by atoms with van der Waals surface area (Å²) in [7, 11) is 0. The lowest BCUT2D eigenvalue weighted by Gasteiger charge is -2.04. The van der Waals surface area contributed by atoms with Gasteiger partial charge in [-0.1, -0.05) is 0 Å². The average Bonchev–Trinajstić information content (AvgIpc) is 2.60. The molecule has 82 valence electrons. The van der Waals surface area contributed by atoms with Crippen LogP contribution in [0.2, 0.25) is 0 Å². The van der Waals surface area contributed by atoms with E-state index in [1.54, 1.807) is 12.3 Å². The van der Waals surface area contributed by atoms with Crippen LogP contribution in [0, 0.1) is 6.92 Å². The van der Waals surface area contributed by atoms with Gasteiger partial charge in [-0.05, 0) is 6.92 Å². The zero-order chi connectivity index (χ0) is 11.4. The molecule has 2 amide bonds. The first-order chi connectivity index (χ1) is 7.00. The summed E-state index contributed by atoms with van der Waals surface area (Å²) >= 11 is 1.24. The number of hydrazine groups is 1. The third-order valence-electron chi connectivity index (χ3n) is 1.35. The maximum absolute atomic E-state index is 11.7. The van der Waals surface area contributed by atoms with Gasteiger partial charge in [-0.15, -0.1) is 11.3 Å². The van der Waals surface area contributed by atoms with E-state index < -0.39 is 18.2 Å². The van der Waals surface area contributed by atoms with E-state index in [4.69, 9.17) is 0 Å². The number of halogens is 2. The third-order valence-corrected chi connectivity index (χ3v) is 2.12. The quantitative estimate of drug-likeness (QED) is 0.732. The van der Waals surface area contributed by atoms with Crippen LogP contribution in [0.1, 0.15) is 15.5 Å². The Balaban J connectivity index is 2.47. The molecule has 0 fully saturated rings. The van der Waals surface area contributed by atoms with Crippen molar-refractivity contribution in [3.8, 4) is 0 Å². The number of carbonyl (C=O) groups is 2. The molecule has 1 aromatic heterocycles. The van der Waals surface area contributed by atoms with Crippen molar-refractivity contribution in [3.05, 3.63) is 16.1 Å². The molecule has 0 bridgehead atoms. The predicted molar refractivity (Wildman–Crippen MR) is 48.5 cm³/mol. The molecule has 1 aromatic rings. The standard InChI is InChI=1S/C7H7F2N3O2S/c1-3-10-4(2-15-3)6(13)11-12-7(14)5(8)9/h2,5H,1H3,(H,11,13)(H,12,14). The van der Waals surface area contributed by atoms with Crippen LogP contribution < -0.4 is 10.9 Å². The van der Waals surface area contributed by atoms with Gasteiger partial charge < -0.3 is 0 Å². The number of hydrogen-bond acceptors (Lipinski definition) is 4. The number of amides is 2. The molecule has 2 N–H and O–H groups in total. The zero-order valence-corrected chi connectivity index (χ0v) is 8.40. The molecule has 0 aliphatic carbocycles. The Labute approximate surface area is 87.5 Å².